The topological polar surface area (TPSA) is 50.1 Å². The number of rotatable bonds is 6. The van der Waals surface area contributed by atoms with Gasteiger partial charge in [0.2, 0.25) is 0 Å². The molecule has 1 aromatic carbocycles. The van der Waals surface area contributed by atoms with E-state index in [1.54, 1.807) is 23.1 Å². The van der Waals surface area contributed by atoms with Gasteiger partial charge in [-0.05, 0) is 29.8 Å². The van der Waals surface area contributed by atoms with E-state index in [0.29, 0.717) is 19.6 Å². The highest BCUT2D eigenvalue weighted by Gasteiger charge is 2.06. The van der Waals surface area contributed by atoms with Crippen LogP contribution in [0, 0.1) is 5.82 Å². The fraction of sp³-hybridized carbons (Fsp3) is 0.308. The molecule has 4 nitrogen and oxygen atoms in total. The Balaban J connectivity index is 1.78. The number of nitrogens with zero attached hydrogens (tertiary/aromatic N) is 2. The van der Waals surface area contributed by atoms with Crippen molar-refractivity contribution in [3.05, 3.63) is 52.5 Å². The molecule has 1 aromatic heterocycles. The summed E-state index contributed by atoms with van der Waals surface area (Å²) >= 11 is 3.36. The van der Waals surface area contributed by atoms with Crippen LogP contribution in [0.5, 0.6) is 0 Å². The van der Waals surface area contributed by atoms with Gasteiger partial charge in [-0.25, -0.2) is 4.39 Å². The highest BCUT2D eigenvalue weighted by molar-refractivity contribution is 9.10. The van der Waals surface area contributed by atoms with Gasteiger partial charge in [-0.15, -0.1) is 0 Å². The molecule has 6 heteroatoms. The van der Waals surface area contributed by atoms with E-state index >= 15 is 0 Å². The summed E-state index contributed by atoms with van der Waals surface area (Å²) in [5, 5.41) is 16.9. The number of aliphatic hydroxyl groups is 1. The number of hydrogen-bond donors (Lipinski definition) is 2. The van der Waals surface area contributed by atoms with Crippen LogP contribution in [-0.2, 0) is 13.1 Å². The van der Waals surface area contributed by atoms with Crippen LogP contribution in [-0.4, -0.2) is 27.5 Å². The predicted octanol–water partition coefficient (Wildman–Crippen LogP) is 1.94. The van der Waals surface area contributed by atoms with E-state index in [9.17, 15) is 9.50 Å². The molecular weight excluding hydrogens is 313 g/mol. The maximum atomic E-state index is 13.1. The van der Waals surface area contributed by atoms with Gasteiger partial charge in [-0.3, -0.25) is 4.68 Å². The zero-order chi connectivity index (χ0) is 13.7. The average molecular weight is 328 g/mol. The van der Waals surface area contributed by atoms with Gasteiger partial charge in [0.15, 0.2) is 0 Å². The van der Waals surface area contributed by atoms with Gasteiger partial charge in [0.05, 0.1) is 12.6 Å². The van der Waals surface area contributed by atoms with Crippen molar-refractivity contribution >= 4 is 15.9 Å². The Morgan fingerprint density at radius 2 is 2.32 bits per heavy atom. The first kappa shape index (κ1) is 14.2. The van der Waals surface area contributed by atoms with E-state index in [0.717, 1.165) is 10.0 Å². The summed E-state index contributed by atoms with van der Waals surface area (Å²) in [6.07, 6.45) is 2.93. The normalized spacial score (nSPS) is 12.6. The minimum atomic E-state index is -0.535. The van der Waals surface area contributed by atoms with Crippen LogP contribution in [0.25, 0.3) is 0 Å². The van der Waals surface area contributed by atoms with Crippen LogP contribution in [0.1, 0.15) is 5.56 Å². The first-order valence-corrected chi connectivity index (χ1v) is 6.74. The number of aromatic nitrogens is 2. The fourth-order valence-corrected chi connectivity index (χ4v) is 2.13. The van der Waals surface area contributed by atoms with E-state index in [1.165, 1.54) is 12.1 Å². The van der Waals surface area contributed by atoms with Gasteiger partial charge >= 0.3 is 0 Å². The highest BCUT2D eigenvalue weighted by Crippen LogP contribution is 2.17. The van der Waals surface area contributed by atoms with Crippen LogP contribution in [0.15, 0.2) is 41.1 Å². The molecule has 2 aromatic rings. The number of hydrogen-bond acceptors (Lipinski definition) is 3. The Kier molecular flexibility index (Phi) is 5.07. The van der Waals surface area contributed by atoms with Crippen LogP contribution in [0.4, 0.5) is 4.39 Å². The molecular formula is C13H15BrFN3O. The molecule has 0 aliphatic carbocycles. The first-order valence-electron chi connectivity index (χ1n) is 5.95. The monoisotopic (exact) mass is 327 g/mol. The third-order valence-electron chi connectivity index (χ3n) is 2.66. The van der Waals surface area contributed by atoms with Gasteiger partial charge in [-0.2, -0.15) is 5.10 Å². The summed E-state index contributed by atoms with van der Waals surface area (Å²) in [6, 6.07) is 6.35. The molecule has 0 bridgehead atoms. The zero-order valence-electron chi connectivity index (χ0n) is 10.3. The minimum Gasteiger partial charge on any atom is -0.390 e. The molecule has 102 valence electrons. The Labute approximate surface area is 119 Å². The van der Waals surface area contributed by atoms with Crippen LogP contribution < -0.4 is 5.32 Å². The van der Waals surface area contributed by atoms with Crippen molar-refractivity contribution in [1.29, 1.82) is 0 Å². The Hall–Kier alpha value is -1.24. The lowest BCUT2D eigenvalue weighted by Gasteiger charge is -2.12. The van der Waals surface area contributed by atoms with E-state index in [4.69, 9.17) is 0 Å². The second-order valence-electron chi connectivity index (χ2n) is 4.25. The van der Waals surface area contributed by atoms with Crippen LogP contribution in [0.3, 0.4) is 0 Å². The van der Waals surface area contributed by atoms with Gasteiger partial charge in [0, 0.05) is 30.0 Å². The van der Waals surface area contributed by atoms with Gasteiger partial charge < -0.3 is 10.4 Å². The molecule has 1 heterocycles. The Morgan fingerprint density at radius 3 is 3.05 bits per heavy atom. The van der Waals surface area contributed by atoms with Crippen molar-refractivity contribution in [2.45, 2.75) is 19.2 Å². The summed E-state index contributed by atoms with van der Waals surface area (Å²) in [7, 11) is 0. The molecule has 0 aliphatic rings. The molecule has 0 radical (unpaired) electrons. The minimum absolute atomic E-state index is 0.267. The van der Waals surface area contributed by atoms with Crippen molar-refractivity contribution in [1.82, 2.24) is 15.1 Å². The van der Waals surface area contributed by atoms with Crippen molar-refractivity contribution in [3.8, 4) is 0 Å². The summed E-state index contributed by atoms with van der Waals surface area (Å²) in [5.74, 6) is -0.267. The van der Waals surface area contributed by atoms with Gasteiger partial charge in [0.25, 0.3) is 0 Å². The van der Waals surface area contributed by atoms with E-state index in [1.807, 2.05) is 6.07 Å². The number of benzene rings is 1. The fourth-order valence-electron chi connectivity index (χ4n) is 1.74. The van der Waals surface area contributed by atoms with E-state index in [-0.39, 0.29) is 5.82 Å². The van der Waals surface area contributed by atoms with Crippen molar-refractivity contribution in [3.63, 3.8) is 0 Å². The second-order valence-corrected chi connectivity index (χ2v) is 5.10. The SMILES string of the molecule is OC(CNCc1cc(F)ccc1Br)Cn1cccn1. The number of aliphatic hydroxyl groups excluding tert-OH is 1. The highest BCUT2D eigenvalue weighted by atomic mass is 79.9. The summed E-state index contributed by atoms with van der Waals surface area (Å²) in [6.45, 7) is 1.35. The zero-order valence-corrected chi connectivity index (χ0v) is 11.8. The summed E-state index contributed by atoms with van der Waals surface area (Å²) in [5.41, 5.74) is 0.825. The maximum absolute atomic E-state index is 13.1. The van der Waals surface area contributed by atoms with Crippen molar-refractivity contribution in [2.75, 3.05) is 6.54 Å². The van der Waals surface area contributed by atoms with E-state index < -0.39 is 6.10 Å². The van der Waals surface area contributed by atoms with Crippen molar-refractivity contribution in [2.24, 2.45) is 0 Å². The molecule has 0 saturated carbocycles. The molecule has 2 N–H and O–H groups in total. The lowest BCUT2D eigenvalue weighted by molar-refractivity contribution is 0.146. The van der Waals surface area contributed by atoms with E-state index in [2.05, 4.69) is 26.3 Å². The molecule has 0 saturated heterocycles. The number of nitrogens with one attached hydrogen (secondary N) is 1. The van der Waals surface area contributed by atoms with Gasteiger partial charge in [-0.1, -0.05) is 15.9 Å². The third kappa shape index (κ3) is 4.41. The molecule has 0 fully saturated rings. The predicted molar refractivity (Wildman–Crippen MR) is 74.0 cm³/mol. The maximum Gasteiger partial charge on any atom is 0.123 e. The lowest BCUT2D eigenvalue weighted by atomic mass is 10.2. The smallest absolute Gasteiger partial charge is 0.123 e. The molecule has 0 spiro atoms. The van der Waals surface area contributed by atoms with Crippen molar-refractivity contribution < 1.29 is 9.50 Å². The quantitative estimate of drug-likeness (QED) is 0.852. The average Bonchev–Trinajstić information content (AvgIpc) is 2.86. The van der Waals surface area contributed by atoms with Crippen LogP contribution >= 0.6 is 15.9 Å². The molecule has 1 atom stereocenters. The summed E-state index contributed by atoms with van der Waals surface area (Å²) < 4.78 is 15.6. The largest absolute Gasteiger partial charge is 0.390 e. The second kappa shape index (κ2) is 6.79. The molecule has 0 amide bonds. The third-order valence-corrected chi connectivity index (χ3v) is 3.43. The molecule has 2 rings (SSSR count). The Morgan fingerprint density at radius 1 is 1.47 bits per heavy atom. The summed E-state index contributed by atoms with van der Waals surface area (Å²) in [4.78, 5) is 0. The molecule has 0 aliphatic heterocycles. The number of halogens is 2. The van der Waals surface area contributed by atoms with Gasteiger partial charge in [0.1, 0.15) is 5.82 Å². The first-order chi connectivity index (χ1) is 9.15. The molecule has 19 heavy (non-hydrogen) atoms. The van der Waals surface area contributed by atoms with Crippen LogP contribution in [0.2, 0.25) is 0 Å². The standard InChI is InChI=1S/C13H15BrFN3O/c14-13-3-2-11(15)6-10(13)7-16-8-12(19)9-18-5-1-4-17-18/h1-6,12,16,19H,7-9H2. The lowest BCUT2D eigenvalue weighted by Crippen LogP contribution is -2.30. The Bertz CT molecular complexity index is 519. The molecule has 1 unspecified atom stereocenters.